The highest BCUT2D eigenvalue weighted by Crippen LogP contribution is 2.20. The van der Waals surface area contributed by atoms with E-state index in [0.717, 1.165) is 0 Å². The van der Waals surface area contributed by atoms with Crippen molar-refractivity contribution in [1.29, 1.82) is 0 Å². The standard InChI is InChI=1S/C13H13ClN2O4/c14-10-5-8(6-16-12(10)18)13(19)20-9-3-1-2-7(4-9)11(15)17/h1-4,8,10H,5-6H2,(H2,15,17)(H,16,18). The predicted molar refractivity (Wildman–Crippen MR) is 71.4 cm³/mol. The van der Waals surface area contributed by atoms with Crippen molar-refractivity contribution in [3.05, 3.63) is 29.8 Å². The molecule has 3 N–H and O–H groups in total. The number of esters is 1. The second-order valence-corrected chi connectivity index (χ2v) is 4.99. The average molecular weight is 297 g/mol. The van der Waals surface area contributed by atoms with Crippen LogP contribution in [0.1, 0.15) is 16.8 Å². The molecule has 1 saturated heterocycles. The van der Waals surface area contributed by atoms with Gasteiger partial charge in [0.1, 0.15) is 11.1 Å². The Morgan fingerprint density at radius 1 is 1.40 bits per heavy atom. The van der Waals surface area contributed by atoms with Gasteiger partial charge < -0.3 is 15.8 Å². The van der Waals surface area contributed by atoms with E-state index in [1.165, 1.54) is 12.1 Å². The number of amides is 2. The summed E-state index contributed by atoms with van der Waals surface area (Å²) in [6.07, 6.45) is 0.224. The van der Waals surface area contributed by atoms with Gasteiger partial charge in [-0.3, -0.25) is 14.4 Å². The molecule has 2 rings (SSSR count). The highest BCUT2D eigenvalue weighted by atomic mass is 35.5. The number of carbonyl (C=O) groups is 3. The lowest BCUT2D eigenvalue weighted by Crippen LogP contribution is -2.45. The molecule has 20 heavy (non-hydrogen) atoms. The molecule has 0 spiro atoms. The number of nitrogens with one attached hydrogen (secondary N) is 1. The molecule has 0 radical (unpaired) electrons. The van der Waals surface area contributed by atoms with Crippen molar-refractivity contribution >= 4 is 29.4 Å². The van der Waals surface area contributed by atoms with Gasteiger partial charge in [0.2, 0.25) is 11.8 Å². The second kappa shape index (κ2) is 5.92. The second-order valence-electron chi connectivity index (χ2n) is 4.46. The summed E-state index contributed by atoms with van der Waals surface area (Å²) in [7, 11) is 0. The Kier molecular flexibility index (Phi) is 4.24. The largest absolute Gasteiger partial charge is 0.426 e. The fourth-order valence-electron chi connectivity index (χ4n) is 1.87. The third kappa shape index (κ3) is 3.27. The van der Waals surface area contributed by atoms with Gasteiger partial charge in [-0.15, -0.1) is 11.6 Å². The first kappa shape index (κ1) is 14.3. The van der Waals surface area contributed by atoms with Crippen LogP contribution in [0.2, 0.25) is 0 Å². The highest BCUT2D eigenvalue weighted by molar-refractivity contribution is 6.31. The monoisotopic (exact) mass is 296 g/mol. The third-order valence-electron chi connectivity index (χ3n) is 2.97. The fraction of sp³-hybridized carbons (Fsp3) is 0.308. The quantitative estimate of drug-likeness (QED) is 0.480. The molecule has 1 aromatic rings. The van der Waals surface area contributed by atoms with Crippen LogP contribution < -0.4 is 15.8 Å². The maximum atomic E-state index is 12.0. The number of halogens is 1. The van der Waals surface area contributed by atoms with Gasteiger partial charge in [0.15, 0.2) is 0 Å². The molecule has 1 aromatic carbocycles. The number of piperidine rings is 1. The first-order valence-corrected chi connectivity index (χ1v) is 6.44. The smallest absolute Gasteiger partial charge is 0.316 e. The molecule has 1 fully saturated rings. The van der Waals surface area contributed by atoms with Gasteiger partial charge in [-0.2, -0.15) is 0 Å². The van der Waals surface area contributed by atoms with Crippen molar-refractivity contribution in [2.45, 2.75) is 11.8 Å². The Morgan fingerprint density at radius 2 is 2.15 bits per heavy atom. The Bertz CT molecular complexity index is 561. The van der Waals surface area contributed by atoms with Crippen LogP contribution in [0.15, 0.2) is 24.3 Å². The number of benzene rings is 1. The van der Waals surface area contributed by atoms with Crippen LogP contribution >= 0.6 is 11.6 Å². The van der Waals surface area contributed by atoms with E-state index < -0.39 is 23.2 Å². The molecule has 0 saturated carbocycles. The Hall–Kier alpha value is -2.08. The first-order chi connectivity index (χ1) is 9.47. The van der Waals surface area contributed by atoms with Gasteiger partial charge in [-0.05, 0) is 24.6 Å². The molecule has 6 nitrogen and oxygen atoms in total. The number of alkyl halides is 1. The Labute approximate surface area is 120 Å². The van der Waals surface area contributed by atoms with E-state index in [-0.39, 0.29) is 30.2 Å². The van der Waals surface area contributed by atoms with Crippen molar-refractivity contribution in [2.24, 2.45) is 11.7 Å². The molecule has 0 aromatic heterocycles. The lowest BCUT2D eigenvalue weighted by molar-refractivity contribution is -0.140. The summed E-state index contributed by atoms with van der Waals surface area (Å²) >= 11 is 5.79. The highest BCUT2D eigenvalue weighted by Gasteiger charge is 2.32. The van der Waals surface area contributed by atoms with Crippen LogP contribution in [0.4, 0.5) is 0 Å². The van der Waals surface area contributed by atoms with Gasteiger partial charge in [0, 0.05) is 12.1 Å². The van der Waals surface area contributed by atoms with E-state index in [0.29, 0.717) is 0 Å². The summed E-state index contributed by atoms with van der Waals surface area (Å²) in [5.41, 5.74) is 5.40. The topological polar surface area (TPSA) is 98.5 Å². The predicted octanol–water partition coefficient (Wildman–Crippen LogP) is 0.434. The minimum Gasteiger partial charge on any atom is -0.426 e. The summed E-state index contributed by atoms with van der Waals surface area (Å²) in [5.74, 6) is -1.67. The minimum absolute atomic E-state index is 0.191. The van der Waals surface area contributed by atoms with Crippen LogP contribution in [0.3, 0.4) is 0 Å². The van der Waals surface area contributed by atoms with Crippen LogP contribution in [0.5, 0.6) is 5.75 Å². The van der Waals surface area contributed by atoms with E-state index in [9.17, 15) is 14.4 Å². The molecular weight excluding hydrogens is 284 g/mol. The number of carbonyl (C=O) groups excluding carboxylic acids is 3. The van der Waals surface area contributed by atoms with Gasteiger partial charge >= 0.3 is 5.97 Å². The molecule has 1 aliphatic rings. The average Bonchev–Trinajstić information content (AvgIpc) is 2.42. The van der Waals surface area contributed by atoms with Crippen molar-refractivity contribution in [1.82, 2.24) is 5.32 Å². The fourth-order valence-corrected chi connectivity index (χ4v) is 2.16. The zero-order valence-electron chi connectivity index (χ0n) is 10.5. The van der Waals surface area contributed by atoms with Gasteiger partial charge in [0.25, 0.3) is 0 Å². The van der Waals surface area contributed by atoms with Crippen molar-refractivity contribution < 1.29 is 19.1 Å². The van der Waals surface area contributed by atoms with E-state index in [2.05, 4.69) is 5.32 Å². The summed E-state index contributed by atoms with van der Waals surface area (Å²) in [6.45, 7) is 0.191. The van der Waals surface area contributed by atoms with E-state index in [1.807, 2.05) is 0 Å². The number of primary amides is 1. The van der Waals surface area contributed by atoms with Crippen molar-refractivity contribution in [2.75, 3.05) is 6.54 Å². The van der Waals surface area contributed by atoms with Crippen LogP contribution in [0, 0.1) is 5.92 Å². The van der Waals surface area contributed by atoms with Crippen molar-refractivity contribution in [3.63, 3.8) is 0 Å². The molecule has 106 valence electrons. The molecule has 1 heterocycles. The molecule has 7 heteroatoms. The SMILES string of the molecule is NC(=O)c1cccc(OC(=O)C2CNC(=O)C(Cl)C2)c1. The summed E-state index contributed by atoms with van der Waals surface area (Å²) in [5, 5.41) is 1.79. The molecule has 2 atom stereocenters. The third-order valence-corrected chi connectivity index (χ3v) is 3.35. The molecule has 0 aliphatic carbocycles. The maximum absolute atomic E-state index is 12.0. The Morgan fingerprint density at radius 3 is 2.80 bits per heavy atom. The summed E-state index contributed by atoms with van der Waals surface area (Å²) < 4.78 is 5.17. The normalized spacial score (nSPS) is 21.9. The number of hydrogen-bond acceptors (Lipinski definition) is 4. The van der Waals surface area contributed by atoms with E-state index >= 15 is 0 Å². The van der Waals surface area contributed by atoms with Crippen LogP contribution in [-0.4, -0.2) is 29.7 Å². The number of rotatable bonds is 3. The lowest BCUT2D eigenvalue weighted by atomic mass is 9.99. The van der Waals surface area contributed by atoms with Crippen LogP contribution in [-0.2, 0) is 9.59 Å². The minimum atomic E-state index is -0.738. The zero-order valence-corrected chi connectivity index (χ0v) is 11.2. The van der Waals surface area contributed by atoms with Crippen LogP contribution in [0.25, 0.3) is 0 Å². The first-order valence-electron chi connectivity index (χ1n) is 6.00. The molecule has 2 unspecified atom stereocenters. The van der Waals surface area contributed by atoms with Gasteiger partial charge in [-0.25, -0.2) is 0 Å². The Balaban J connectivity index is 2.03. The van der Waals surface area contributed by atoms with Crippen molar-refractivity contribution in [3.8, 4) is 5.75 Å². The molecular formula is C13H13ClN2O4. The zero-order chi connectivity index (χ0) is 14.7. The van der Waals surface area contributed by atoms with E-state index in [1.54, 1.807) is 12.1 Å². The molecule has 1 aliphatic heterocycles. The number of ether oxygens (including phenoxy) is 1. The van der Waals surface area contributed by atoms with Gasteiger partial charge in [0.05, 0.1) is 5.92 Å². The number of nitrogens with two attached hydrogens (primary N) is 1. The maximum Gasteiger partial charge on any atom is 0.316 e. The van der Waals surface area contributed by atoms with E-state index in [4.69, 9.17) is 22.1 Å². The summed E-state index contributed by atoms with van der Waals surface area (Å²) in [4.78, 5) is 34.2. The molecule has 0 bridgehead atoms. The van der Waals surface area contributed by atoms with Gasteiger partial charge in [-0.1, -0.05) is 6.07 Å². The molecule has 2 amide bonds. The lowest BCUT2D eigenvalue weighted by Gasteiger charge is -2.24. The summed E-state index contributed by atoms with van der Waals surface area (Å²) in [6, 6.07) is 6.02. The number of hydrogen-bond donors (Lipinski definition) is 2.